The summed E-state index contributed by atoms with van der Waals surface area (Å²) in [5.74, 6) is 1.08. The number of hydrogen-bond acceptors (Lipinski definition) is 5. The van der Waals surface area contributed by atoms with Gasteiger partial charge in [-0.05, 0) is 50.2 Å². The van der Waals surface area contributed by atoms with Gasteiger partial charge in [-0.3, -0.25) is 4.79 Å². The molecule has 0 aliphatic carbocycles. The van der Waals surface area contributed by atoms with Crippen molar-refractivity contribution in [3.63, 3.8) is 0 Å². The summed E-state index contributed by atoms with van der Waals surface area (Å²) in [4.78, 5) is 12.3. The Morgan fingerprint density at radius 2 is 1.84 bits per heavy atom. The fourth-order valence-electron chi connectivity index (χ4n) is 2.23. The van der Waals surface area contributed by atoms with Crippen LogP contribution in [0.25, 0.3) is 0 Å². The van der Waals surface area contributed by atoms with Crippen LogP contribution in [0.1, 0.15) is 19.4 Å². The van der Waals surface area contributed by atoms with Crippen molar-refractivity contribution in [3.05, 3.63) is 48.0 Å². The van der Waals surface area contributed by atoms with Crippen LogP contribution in [-0.2, 0) is 4.79 Å². The molecule has 0 bridgehead atoms. The Morgan fingerprint density at radius 3 is 2.44 bits per heavy atom. The zero-order valence-corrected chi connectivity index (χ0v) is 14.5. The van der Waals surface area contributed by atoms with E-state index in [1.165, 1.54) is 0 Å². The topological polar surface area (TPSA) is 83.4 Å². The number of nitrogens with one attached hydrogen (secondary N) is 2. The molecule has 1 atom stereocenters. The van der Waals surface area contributed by atoms with Crippen molar-refractivity contribution >= 4 is 17.3 Å². The first-order valence-electron chi connectivity index (χ1n) is 7.95. The van der Waals surface area contributed by atoms with Gasteiger partial charge in [0.25, 0.3) is 0 Å². The number of anilines is 2. The van der Waals surface area contributed by atoms with Gasteiger partial charge in [-0.2, -0.15) is 5.26 Å². The van der Waals surface area contributed by atoms with Crippen molar-refractivity contribution in [2.24, 2.45) is 0 Å². The number of nitrogens with zero attached hydrogens (tertiary/aromatic N) is 1. The summed E-state index contributed by atoms with van der Waals surface area (Å²) in [6.07, 6.45) is 0. The van der Waals surface area contributed by atoms with Gasteiger partial charge in [-0.1, -0.05) is 0 Å². The lowest BCUT2D eigenvalue weighted by atomic mass is 10.2. The largest absolute Gasteiger partial charge is 0.493 e. The van der Waals surface area contributed by atoms with Crippen molar-refractivity contribution in [2.45, 2.75) is 19.9 Å². The number of hydrogen-bond donors (Lipinski definition) is 2. The summed E-state index contributed by atoms with van der Waals surface area (Å²) >= 11 is 0. The lowest BCUT2D eigenvalue weighted by Gasteiger charge is -2.17. The summed E-state index contributed by atoms with van der Waals surface area (Å²) in [6.45, 7) is 4.22. The Bertz CT molecular complexity index is 766. The number of methoxy groups -OCH3 is 1. The number of ether oxygens (including phenoxy) is 2. The molecule has 0 heterocycles. The molecule has 6 heteroatoms. The Morgan fingerprint density at radius 1 is 1.16 bits per heavy atom. The predicted octanol–water partition coefficient (Wildman–Crippen LogP) is 3.40. The normalized spacial score (nSPS) is 11.1. The highest BCUT2D eigenvalue weighted by Crippen LogP contribution is 2.30. The summed E-state index contributed by atoms with van der Waals surface area (Å²) in [7, 11) is 1.57. The van der Waals surface area contributed by atoms with E-state index < -0.39 is 6.04 Å². The molecule has 0 radical (unpaired) electrons. The summed E-state index contributed by atoms with van der Waals surface area (Å²) < 4.78 is 10.8. The molecule has 0 aliphatic heterocycles. The molecule has 0 spiro atoms. The van der Waals surface area contributed by atoms with Gasteiger partial charge in [0.2, 0.25) is 5.91 Å². The van der Waals surface area contributed by atoms with E-state index in [1.54, 1.807) is 50.4 Å². The second-order valence-electron chi connectivity index (χ2n) is 5.34. The average Bonchev–Trinajstić information content (AvgIpc) is 2.63. The summed E-state index contributed by atoms with van der Waals surface area (Å²) in [5, 5.41) is 14.7. The maximum Gasteiger partial charge on any atom is 0.246 e. The minimum absolute atomic E-state index is 0.183. The van der Waals surface area contributed by atoms with Crippen LogP contribution in [0.15, 0.2) is 42.5 Å². The molecule has 0 unspecified atom stereocenters. The number of rotatable bonds is 7. The molecule has 0 fully saturated rings. The van der Waals surface area contributed by atoms with Gasteiger partial charge in [0.15, 0.2) is 11.5 Å². The molecule has 2 aromatic carbocycles. The fourth-order valence-corrected chi connectivity index (χ4v) is 2.23. The molecule has 0 aliphatic rings. The Balaban J connectivity index is 2.01. The van der Waals surface area contributed by atoms with E-state index in [9.17, 15) is 4.79 Å². The monoisotopic (exact) mass is 339 g/mol. The standard InChI is InChI=1S/C19H21N3O3/c1-4-25-17-10-9-16(11-18(17)24-3)21-13(2)19(23)22-15-7-5-14(12-20)6-8-15/h5-11,13,21H,4H2,1-3H3,(H,22,23)/t13-/m0/s1. The lowest BCUT2D eigenvalue weighted by Crippen LogP contribution is -2.31. The Labute approximate surface area is 147 Å². The van der Waals surface area contributed by atoms with Crippen molar-refractivity contribution < 1.29 is 14.3 Å². The molecule has 0 saturated carbocycles. The van der Waals surface area contributed by atoms with Gasteiger partial charge < -0.3 is 20.1 Å². The molecule has 25 heavy (non-hydrogen) atoms. The molecule has 130 valence electrons. The molecule has 6 nitrogen and oxygen atoms in total. The predicted molar refractivity (Wildman–Crippen MR) is 97.0 cm³/mol. The Kier molecular flexibility index (Phi) is 6.24. The number of amides is 1. The van der Waals surface area contributed by atoms with E-state index in [0.29, 0.717) is 29.4 Å². The van der Waals surface area contributed by atoms with E-state index in [4.69, 9.17) is 14.7 Å². The van der Waals surface area contributed by atoms with Crippen LogP contribution in [0.4, 0.5) is 11.4 Å². The first kappa shape index (κ1) is 18.1. The SMILES string of the molecule is CCOc1ccc(N[C@@H](C)C(=O)Nc2ccc(C#N)cc2)cc1OC. The third-order valence-corrected chi connectivity index (χ3v) is 3.52. The zero-order valence-electron chi connectivity index (χ0n) is 14.5. The molecule has 0 aromatic heterocycles. The van der Waals surface area contributed by atoms with Crippen molar-refractivity contribution in [1.82, 2.24) is 0 Å². The number of nitriles is 1. The maximum atomic E-state index is 12.3. The van der Waals surface area contributed by atoms with Crippen molar-refractivity contribution in [3.8, 4) is 17.6 Å². The average molecular weight is 339 g/mol. The van der Waals surface area contributed by atoms with Gasteiger partial charge in [-0.15, -0.1) is 0 Å². The van der Waals surface area contributed by atoms with Gasteiger partial charge in [-0.25, -0.2) is 0 Å². The third-order valence-electron chi connectivity index (χ3n) is 3.52. The van der Waals surface area contributed by atoms with Crippen molar-refractivity contribution in [1.29, 1.82) is 5.26 Å². The molecule has 2 rings (SSSR count). The van der Waals surface area contributed by atoms with E-state index >= 15 is 0 Å². The lowest BCUT2D eigenvalue weighted by molar-refractivity contribution is -0.116. The van der Waals surface area contributed by atoms with Crippen LogP contribution in [0.2, 0.25) is 0 Å². The molecule has 2 aromatic rings. The third kappa shape index (κ3) is 4.88. The summed E-state index contributed by atoms with van der Waals surface area (Å²) in [6, 6.07) is 13.7. The second kappa shape index (κ2) is 8.60. The van der Waals surface area contributed by atoms with Crippen molar-refractivity contribution in [2.75, 3.05) is 24.4 Å². The van der Waals surface area contributed by atoms with Gasteiger partial charge in [0, 0.05) is 17.4 Å². The molecular weight excluding hydrogens is 318 g/mol. The Hall–Kier alpha value is -3.20. The van der Waals surface area contributed by atoms with Gasteiger partial charge >= 0.3 is 0 Å². The number of benzene rings is 2. The van der Waals surface area contributed by atoms with Crippen LogP contribution in [-0.4, -0.2) is 25.7 Å². The van der Waals surface area contributed by atoms with E-state index in [2.05, 4.69) is 10.6 Å². The van der Waals surface area contributed by atoms with Crippen LogP contribution in [0.5, 0.6) is 11.5 Å². The van der Waals surface area contributed by atoms with Crippen LogP contribution in [0, 0.1) is 11.3 Å². The van der Waals surface area contributed by atoms with Crippen LogP contribution >= 0.6 is 0 Å². The van der Waals surface area contributed by atoms with E-state index in [-0.39, 0.29) is 5.91 Å². The molecule has 0 saturated heterocycles. The van der Waals surface area contributed by atoms with Crippen LogP contribution < -0.4 is 20.1 Å². The van der Waals surface area contributed by atoms with Gasteiger partial charge in [0.05, 0.1) is 25.3 Å². The number of carbonyl (C=O) groups is 1. The zero-order chi connectivity index (χ0) is 18.2. The second-order valence-corrected chi connectivity index (χ2v) is 5.34. The number of carbonyl (C=O) groups excluding carboxylic acids is 1. The van der Waals surface area contributed by atoms with Gasteiger partial charge in [0.1, 0.15) is 6.04 Å². The minimum Gasteiger partial charge on any atom is -0.493 e. The maximum absolute atomic E-state index is 12.3. The fraction of sp³-hybridized carbons (Fsp3) is 0.263. The highest BCUT2D eigenvalue weighted by molar-refractivity contribution is 5.96. The molecule has 1 amide bonds. The molecule has 2 N–H and O–H groups in total. The molecular formula is C19H21N3O3. The van der Waals surface area contributed by atoms with E-state index in [1.807, 2.05) is 19.1 Å². The van der Waals surface area contributed by atoms with Crippen LogP contribution in [0.3, 0.4) is 0 Å². The van der Waals surface area contributed by atoms with E-state index in [0.717, 1.165) is 5.69 Å². The first-order valence-corrected chi connectivity index (χ1v) is 7.95. The smallest absolute Gasteiger partial charge is 0.246 e. The minimum atomic E-state index is -0.460. The highest BCUT2D eigenvalue weighted by Gasteiger charge is 2.14. The highest BCUT2D eigenvalue weighted by atomic mass is 16.5. The summed E-state index contributed by atoms with van der Waals surface area (Å²) in [5.41, 5.74) is 1.94. The first-order chi connectivity index (χ1) is 12.1. The quantitative estimate of drug-likeness (QED) is 0.808.